The van der Waals surface area contributed by atoms with E-state index in [4.69, 9.17) is 0 Å². The fourth-order valence-electron chi connectivity index (χ4n) is 2.23. The number of nitrogens with zero attached hydrogens (tertiary/aromatic N) is 1. The number of nitrogens with one attached hydrogen (secondary N) is 2. The number of halogens is 3. The van der Waals surface area contributed by atoms with E-state index in [9.17, 15) is 21.6 Å². The van der Waals surface area contributed by atoms with Gasteiger partial charge in [0.05, 0.1) is 27.5 Å². The first-order chi connectivity index (χ1) is 11.3. The number of aromatic nitrogens is 1. The van der Waals surface area contributed by atoms with Gasteiger partial charge in [-0.25, -0.2) is 8.42 Å². The van der Waals surface area contributed by atoms with Crippen molar-refractivity contribution in [3.05, 3.63) is 53.9 Å². The Labute approximate surface area is 136 Å². The molecule has 2 N–H and O–H groups in total. The maximum Gasteiger partial charge on any atom is 0.416 e. The SMILES string of the molecule is O=S(=O)(Nc1ccnc2c1NCC=C2)c1ccc(C(F)(F)F)cc1. The lowest BCUT2D eigenvalue weighted by Crippen LogP contribution is -2.16. The molecule has 0 radical (unpaired) electrons. The summed E-state index contributed by atoms with van der Waals surface area (Å²) in [4.78, 5) is 3.86. The summed E-state index contributed by atoms with van der Waals surface area (Å²) in [6, 6.07) is 4.79. The van der Waals surface area contributed by atoms with E-state index in [0.717, 1.165) is 24.3 Å². The topological polar surface area (TPSA) is 71.1 Å². The van der Waals surface area contributed by atoms with Crippen LogP contribution in [0.4, 0.5) is 24.5 Å². The van der Waals surface area contributed by atoms with Crippen molar-refractivity contribution < 1.29 is 21.6 Å². The lowest BCUT2D eigenvalue weighted by molar-refractivity contribution is -0.137. The molecule has 0 saturated heterocycles. The minimum atomic E-state index is -4.52. The third kappa shape index (κ3) is 3.21. The molecule has 2 aromatic rings. The van der Waals surface area contributed by atoms with Crippen LogP contribution in [0.5, 0.6) is 0 Å². The molecule has 0 bridgehead atoms. The molecule has 0 aliphatic carbocycles. The fourth-order valence-corrected chi connectivity index (χ4v) is 3.31. The Kier molecular flexibility index (Phi) is 3.96. The van der Waals surface area contributed by atoms with E-state index in [1.54, 1.807) is 6.08 Å². The normalized spacial score (nSPS) is 14.0. The quantitative estimate of drug-likeness (QED) is 0.886. The summed E-state index contributed by atoms with van der Waals surface area (Å²) in [6.07, 6.45) is 0.516. The third-order valence-corrected chi connectivity index (χ3v) is 4.77. The molecular weight excluding hydrogens is 343 g/mol. The minimum Gasteiger partial charge on any atom is -0.378 e. The van der Waals surface area contributed by atoms with E-state index in [1.165, 1.54) is 12.3 Å². The van der Waals surface area contributed by atoms with E-state index in [0.29, 0.717) is 17.9 Å². The van der Waals surface area contributed by atoms with Crippen LogP contribution in [0.2, 0.25) is 0 Å². The summed E-state index contributed by atoms with van der Waals surface area (Å²) in [6.45, 7) is 0.522. The number of hydrogen-bond acceptors (Lipinski definition) is 4. The molecule has 1 aromatic carbocycles. The Bertz CT molecular complexity index is 891. The highest BCUT2D eigenvalue weighted by molar-refractivity contribution is 7.92. The van der Waals surface area contributed by atoms with Gasteiger partial charge in [-0.3, -0.25) is 9.71 Å². The van der Waals surface area contributed by atoms with Gasteiger partial charge in [-0.05, 0) is 36.4 Å². The van der Waals surface area contributed by atoms with Crippen molar-refractivity contribution in [2.45, 2.75) is 11.1 Å². The maximum absolute atomic E-state index is 12.6. The number of anilines is 2. The summed E-state index contributed by atoms with van der Waals surface area (Å²) in [7, 11) is -4.02. The Morgan fingerprint density at radius 1 is 1.12 bits per heavy atom. The second-order valence-corrected chi connectivity index (χ2v) is 6.71. The first-order valence-corrected chi connectivity index (χ1v) is 8.35. The van der Waals surface area contributed by atoms with E-state index in [1.807, 2.05) is 6.08 Å². The predicted octanol–water partition coefficient (Wildman–Crippen LogP) is 3.34. The van der Waals surface area contributed by atoms with Crippen LogP contribution in [0.3, 0.4) is 0 Å². The van der Waals surface area contributed by atoms with Gasteiger partial charge in [0.1, 0.15) is 0 Å². The first-order valence-electron chi connectivity index (χ1n) is 6.87. The molecular formula is C15H12F3N3O2S. The summed E-state index contributed by atoms with van der Waals surface area (Å²) in [5, 5.41) is 3.01. The highest BCUT2D eigenvalue weighted by Crippen LogP contribution is 2.32. The van der Waals surface area contributed by atoms with Crippen LogP contribution in [-0.2, 0) is 16.2 Å². The standard InChI is InChI=1S/C15H12F3N3O2S/c16-15(17,18)10-3-5-11(6-4-10)24(22,23)21-13-7-9-19-12-2-1-8-20-14(12)13/h1-7,9,20H,8H2,(H,19,21). The highest BCUT2D eigenvalue weighted by Gasteiger charge is 2.30. The van der Waals surface area contributed by atoms with Crippen LogP contribution >= 0.6 is 0 Å². The highest BCUT2D eigenvalue weighted by atomic mass is 32.2. The van der Waals surface area contributed by atoms with Gasteiger partial charge in [0.15, 0.2) is 0 Å². The van der Waals surface area contributed by atoms with Crippen molar-refractivity contribution in [2.75, 3.05) is 16.6 Å². The van der Waals surface area contributed by atoms with Crippen LogP contribution in [0.1, 0.15) is 11.3 Å². The van der Waals surface area contributed by atoms with Crippen LogP contribution in [0.15, 0.2) is 47.5 Å². The van der Waals surface area contributed by atoms with Gasteiger partial charge in [0.2, 0.25) is 0 Å². The molecule has 3 rings (SSSR count). The van der Waals surface area contributed by atoms with Crippen molar-refractivity contribution in [3.63, 3.8) is 0 Å². The van der Waals surface area contributed by atoms with Crippen LogP contribution < -0.4 is 10.0 Å². The Hall–Kier alpha value is -2.55. The van der Waals surface area contributed by atoms with Gasteiger partial charge in [-0.1, -0.05) is 6.08 Å². The van der Waals surface area contributed by atoms with Gasteiger partial charge in [0, 0.05) is 12.7 Å². The largest absolute Gasteiger partial charge is 0.416 e. The van der Waals surface area contributed by atoms with E-state index < -0.39 is 21.8 Å². The van der Waals surface area contributed by atoms with Crippen molar-refractivity contribution in [1.82, 2.24) is 4.98 Å². The molecule has 2 heterocycles. The number of pyridine rings is 1. The fraction of sp³-hybridized carbons (Fsp3) is 0.133. The second-order valence-electron chi connectivity index (χ2n) is 5.03. The van der Waals surface area contributed by atoms with Gasteiger partial charge in [0.25, 0.3) is 10.0 Å². The first kappa shape index (κ1) is 16.3. The summed E-state index contributed by atoms with van der Waals surface area (Å²) >= 11 is 0. The lowest BCUT2D eigenvalue weighted by Gasteiger charge is -2.17. The predicted molar refractivity (Wildman–Crippen MR) is 84.0 cm³/mol. The van der Waals surface area contributed by atoms with Gasteiger partial charge in [-0.2, -0.15) is 13.2 Å². The van der Waals surface area contributed by atoms with E-state index >= 15 is 0 Å². The van der Waals surface area contributed by atoms with Gasteiger partial charge in [-0.15, -0.1) is 0 Å². The Morgan fingerprint density at radius 2 is 1.83 bits per heavy atom. The number of hydrogen-bond donors (Lipinski definition) is 2. The van der Waals surface area contributed by atoms with E-state index in [-0.39, 0.29) is 10.6 Å². The smallest absolute Gasteiger partial charge is 0.378 e. The summed E-state index contributed by atoms with van der Waals surface area (Å²) in [5.41, 5.74) is 0.475. The minimum absolute atomic E-state index is 0.257. The monoisotopic (exact) mass is 355 g/mol. The zero-order chi connectivity index (χ0) is 17.4. The number of benzene rings is 1. The molecule has 1 aromatic heterocycles. The zero-order valence-electron chi connectivity index (χ0n) is 12.1. The molecule has 24 heavy (non-hydrogen) atoms. The van der Waals surface area contributed by atoms with Gasteiger partial charge >= 0.3 is 6.18 Å². The second kappa shape index (κ2) is 5.82. The molecule has 9 heteroatoms. The van der Waals surface area contributed by atoms with Crippen molar-refractivity contribution in [3.8, 4) is 0 Å². The molecule has 0 spiro atoms. The van der Waals surface area contributed by atoms with Crippen molar-refractivity contribution in [2.24, 2.45) is 0 Å². The van der Waals surface area contributed by atoms with Crippen LogP contribution in [-0.4, -0.2) is 19.9 Å². The van der Waals surface area contributed by atoms with Crippen molar-refractivity contribution >= 4 is 27.5 Å². The average Bonchev–Trinajstić information content (AvgIpc) is 2.54. The molecule has 0 amide bonds. The molecule has 0 saturated carbocycles. The average molecular weight is 355 g/mol. The lowest BCUT2D eigenvalue weighted by atomic mass is 10.2. The summed E-state index contributed by atoms with van der Waals surface area (Å²) in [5.74, 6) is 0. The molecule has 0 fully saturated rings. The van der Waals surface area contributed by atoms with Crippen LogP contribution in [0.25, 0.3) is 6.08 Å². The molecule has 1 aliphatic rings. The van der Waals surface area contributed by atoms with Gasteiger partial charge < -0.3 is 5.32 Å². The van der Waals surface area contributed by atoms with E-state index in [2.05, 4.69) is 15.0 Å². The number of sulfonamides is 1. The summed E-state index contributed by atoms with van der Waals surface area (Å²) < 4.78 is 64.8. The maximum atomic E-state index is 12.6. The molecule has 0 unspecified atom stereocenters. The molecule has 126 valence electrons. The van der Waals surface area contributed by atoms with Crippen LogP contribution in [0, 0.1) is 0 Å². The Balaban J connectivity index is 1.91. The number of rotatable bonds is 3. The van der Waals surface area contributed by atoms with Crippen molar-refractivity contribution in [1.29, 1.82) is 0 Å². The molecule has 5 nitrogen and oxygen atoms in total. The molecule has 1 aliphatic heterocycles. The molecule has 0 atom stereocenters. The zero-order valence-corrected chi connectivity index (χ0v) is 12.9. The number of alkyl halides is 3. The third-order valence-electron chi connectivity index (χ3n) is 3.39. The Morgan fingerprint density at radius 3 is 2.50 bits per heavy atom. The number of fused-ring (bicyclic) bond motifs is 1.